The average Bonchev–Trinajstić information content (AvgIpc) is 3.09. The summed E-state index contributed by atoms with van der Waals surface area (Å²) < 4.78 is 25.4. The molecule has 0 amide bonds. The molecular formula is C18H24N6O2S. The third kappa shape index (κ3) is 4.08. The summed E-state index contributed by atoms with van der Waals surface area (Å²) in [6, 6.07) is 1.68. The van der Waals surface area contributed by atoms with Crippen LogP contribution in [0.4, 0.5) is 5.82 Å². The van der Waals surface area contributed by atoms with Crippen molar-refractivity contribution in [3.8, 4) is 11.4 Å². The number of anilines is 1. The molecule has 0 bridgehead atoms. The Labute approximate surface area is 159 Å². The van der Waals surface area contributed by atoms with E-state index in [2.05, 4.69) is 38.7 Å². The lowest BCUT2D eigenvalue weighted by atomic mass is 10.3. The van der Waals surface area contributed by atoms with Gasteiger partial charge in [-0.25, -0.2) is 28.4 Å². The maximum absolute atomic E-state index is 11.8. The number of imidazole rings is 1. The van der Waals surface area contributed by atoms with Crippen LogP contribution in [-0.2, 0) is 9.84 Å². The van der Waals surface area contributed by atoms with Gasteiger partial charge in [0.2, 0.25) is 15.0 Å². The van der Waals surface area contributed by atoms with Crippen molar-refractivity contribution in [2.45, 2.75) is 38.3 Å². The molecule has 3 heterocycles. The second kappa shape index (κ2) is 7.99. The number of aromatic nitrogens is 5. The first-order chi connectivity index (χ1) is 13.0. The summed E-state index contributed by atoms with van der Waals surface area (Å²) in [5.74, 6) is 0.830. The molecule has 0 fully saturated rings. The third-order valence-electron chi connectivity index (χ3n) is 4.21. The predicted octanol–water partition coefficient (Wildman–Crippen LogP) is 2.61. The standard InChI is InChI=1S/C18H24N6O2S/c1-4-6-11-23(10-5-2)16-17-21-13-15(24(17)12-9-19-16)14-7-8-20-18(22-14)27(3,25)26/h7-9,12-13H,4-6,10-11H2,1-3H3. The number of fused-ring (bicyclic) bond motifs is 1. The largest absolute Gasteiger partial charge is 0.354 e. The minimum Gasteiger partial charge on any atom is -0.354 e. The van der Waals surface area contributed by atoms with Crippen LogP contribution >= 0.6 is 0 Å². The summed E-state index contributed by atoms with van der Waals surface area (Å²) in [5, 5.41) is -0.195. The van der Waals surface area contributed by atoms with Crippen LogP contribution in [0.3, 0.4) is 0 Å². The van der Waals surface area contributed by atoms with E-state index in [-0.39, 0.29) is 5.16 Å². The molecule has 27 heavy (non-hydrogen) atoms. The quantitative estimate of drug-likeness (QED) is 0.548. The SMILES string of the molecule is CCCCN(CCC)c1nccn2c(-c3ccnc(S(C)(=O)=O)n3)cnc12. The van der Waals surface area contributed by atoms with E-state index < -0.39 is 9.84 Å². The van der Waals surface area contributed by atoms with Crippen LogP contribution in [0.15, 0.2) is 36.0 Å². The second-order valence-electron chi connectivity index (χ2n) is 6.43. The summed E-state index contributed by atoms with van der Waals surface area (Å²) >= 11 is 0. The van der Waals surface area contributed by atoms with Crippen molar-refractivity contribution in [1.29, 1.82) is 0 Å². The molecule has 0 spiro atoms. The molecule has 8 nitrogen and oxygen atoms in total. The topological polar surface area (TPSA) is 93.4 Å². The van der Waals surface area contributed by atoms with Gasteiger partial charge in [0.1, 0.15) is 0 Å². The van der Waals surface area contributed by atoms with Crippen LogP contribution in [0.2, 0.25) is 0 Å². The molecule has 0 aromatic carbocycles. The maximum atomic E-state index is 11.8. The molecule has 0 aliphatic carbocycles. The smallest absolute Gasteiger partial charge is 0.247 e. The maximum Gasteiger partial charge on any atom is 0.247 e. The van der Waals surface area contributed by atoms with Crippen LogP contribution in [0.1, 0.15) is 33.1 Å². The Morgan fingerprint density at radius 3 is 2.59 bits per heavy atom. The van der Waals surface area contributed by atoms with Crippen molar-refractivity contribution in [3.05, 3.63) is 30.9 Å². The van der Waals surface area contributed by atoms with Crippen LogP contribution in [0.5, 0.6) is 0 Å². The van der Waals surface area contributed by atoms with Crippen LogP contribution < -0.4 is 4.90 Å². The lowest BCUT2D eigenvalue weighted by molar-refractivity contribution is 0.593. The zero-order valence-corrected chi connectivity index (χ0v) is 16.6. The van der Waals surface area contributed by atoms with Crippen LogP contribution in [-0.4, -0.2) is 52.1 Å². The number of unbranched alkanes of at least 4 members (excludes halogenated alkanes) is 1. The predicted molar refractivity (Wildman–Crippen MR) is 105 cm³/mol. The van der Waals surface area contributed by atoms with E-state index in [0.717, 1.165) is 50.1 Å². The Hall–Kier alpha value is -2.55. The number of sulfone groups is 1. The van der Waals surface area contributed by atoms with E-state index in [1.807, 2.05) is 10.6 Å². The highest BCUT2D eigenvalue weighted by Crippen LogP contribution is 2.24. The van der Waals surface area contributed by atoms with E-state index in [4.69, 9.17) is 0 Å². The lowest BCUT2D eigenvalue weighted by Crippen LogP contribution is -2.26. The fourth-order valence-corrected chi connectivity index (χ4v) is 3.44. The molecule has 9 heteroatoms. The number of hydrogen-bond donors (Lipinski definition) is 0. The van der Waals surface area contributed by atoms with E-state index in [1.165, 1.54) is 6.20 Å². The average molecular weight is 388 g/mol. The van der Waals surface area contributed by atoms with Crippen molar-refractivity contribution in [2.24, 2.45) is 0 Å². The van der Waals surface area contributed by atoms with Gasteiger partial charge in [0.15, 0.2) is 11.5 Å². The monoisotopic (exact) mass is 388 g/mol. The first-order valence-corrected chi connectivity index (χ1v) is 10.9. The normalized spacial score (nSPS) is 11.8. The van der Waals surface area contributed by atoms with Gasteiger partial charge in [-0.2, -0.15) is 0 Å². The van der Waals surface area contributed by atoms with E-state index in [0.29, 0.717) is 11.4 Å². The Morgan fingerprint density at radius 2 is 1.89 bits per heavy atom. The van der Waals surface area contributed by atoms with Crippen molar-refractivity contribution >= 4 is 21.3 Å². The molecule has 3 aromatic rings. The highest BCUT2D eigenvalue weighted by Gasteiger charge is 2.17. The second-order valence-corrected chi connectivity index (χ2v) is 8.33. The summed E-state index contributed by atoms with van der Waals surface area (Å²) in [6.45, 7) is 6.13. The molecule has 0 aliphatic rings. The summed E-state index contributed by atoms with van der Waals surface area (Å²) in [6.07, 6.45) is 11.0. The van der Waals surface area contributed by atoms with E-state index in [1.54, 1.807) is 18.5 Å². The molecule has 0 radical (unpaired) electrons. The third-order valence-corrected chi connectivity index (χ3v) is 5.07. The molecule has 0 saturated carbocycles. The highest BCUT2D eigenvalue weighted by atomic mass is 32.2. The van der Waals surface area contributed by atoms with Gasteiger partial charge in [0.05, 0.1) is 17.6 Å². The van der Waals surface area contributed by atoms with Crippen molar-refractivity contribution in [2.75, 3.05) is 24.2 Å². The zero-order valence-electron chi connectivity index (χ0n) is 15.8. The van der Waals surface area contributed by atoms with Gasteiger partial charge in [0, 0.05) is 37.9 Å². The summed E-state index contributed by atoms with van der Waals surface area (Å²) in [4.78, 5) is 19.4. The van der Waals surface area contributed by atoms with Crippen molar-refractivity contribution < 1.29 is 8.42 Å². The Kier molecular flexibility index (Phi) is 5.69. The molecule has 0 saturated heterocycles. The molecule has 0 N–H and O–H groups in total. The van der Waals surface area contributed by atoms with Gasteiger partial charge in [-0.05, 0) is 18.9 Å². The minimum absolute atomic E-state index is 0.195. The zero-order chi connectivity index (χ0) is 19.4. The van der Waals surface area contributed by atoms with E-state index in [9.17, 15) is 8.42 Å². The van der Waals surface area contributed by atoms with Gasteiger partial charge in [0.25, 0.3) is 0 Å². The Bertz CT molecular complexity index is 1030. The first kappa shape index (κ1) is 19.2. The molecule has 144 valence electrons. The molecule has 0 atom stereocenters. The number of nitrogens with zero attached hydrogens (tertiary/aromatic N) is 6. The van der Waals surface area contributed by atoms with Crippen LogP contribution in [0, 0.1) is 0 Å². The van der Waals surface area contributed by atoms with Crippen molar-refractivity contribution in [3.63, 3.8) is 0 Å². The summed E-state index contributed by atoms with van der Waals surface area (Å²) in [5.41, 5.74) is 1.94. The van der Waals surface area contributed by atoms with Crippen LogP contribution in [0.25, 0.3) is 17.0 Å². The van der Waals surface area contributed by atoms with Gasteiger partial charge >= 0.3 is 0 Å². The highest BCUT2D eigenvalue weighted by molar-refractivity contribution is 7.90. The molecular weight excluding hydrogens is 364 g/mol. The first-order valence-electron chi connectivity index (χ1n) is 9.06. The van der Waals surface area contributed by atoms with Crippen molar-refractivity contribution in [1.82, 2.24) is 24.3 Å². The number of rotatable bonds is 8. The molecule has 0 aliphatic heterocycles. The Balaban J connectivity index is 2.08. The summed E-state index contributed by atoms with van der Waals surface area (Å²) in [7, 11) is -3.48. The van der Waals surface area contributed by atoms with Gasteiger partial charge < -0.3 is 4.90 Å². The molecule has 3 rings (SSSR count). The fourth-order valence-electron chi connectivity index (χ4n) is 2.92. The van der Waals surface area contributed by atoms with E-state index >= 15 is 0 Å². The van der Waals surface area contributed by atoms with Gasteiger partial charge in [-0.1, -0.05) is 20.3 Å². The fraction of sp³-hybridized carbons (Fsp3) is 0.444. The minimum atomic E-state index is -3.48. The van der Waals surface area contributed by atoms with Gasteiger partial charge in [-0.3, -0.25) is 4.40 Å². The van der Waals surface area contributed by atoms with Gasteiger partial charge in [-0.15, -0.1) is 0 Å². The lowest BCUT2D eigenvalue weighted by Gasteiger charge is -2.23. The Morgan fingerprint density at radius 1 is 1.07 bits per heavy atom. The molecule has 0 unspecified atom stereocenters. The number of hydrogen-bond acceptors (Lipinski definition) is 7. The molecule has 3 aromatic heterocycles.